The third-order valence-electron chi connectivity index (χ3n) is 14.3. The number of hydrogen-bond donors (Lipinski definition) is 2. The Hall–Kier alpha value is -0.493. The smallest absolute Gasteiger partial charge is 1.00 e. The van der Waals surface area contributed by atoms with Crippen molar-refractivity contribution < 1.29 is 273 Å². The predicted molar refractivity (Wildman–Crippen MR) is 394 cm³/mol. The summed E-state index contributed by atoms with van der Waals surface area (Å²) in [6.45, 7) is 13.1. The van der Waals surface area contributed by atoms with Crippen LogP contribution in [0.15, 0.2) is 165 Å². The number of anilines is 3. The molecule has 6 aromatic carbocycles. The molecule has 3 atom stereocenters. The van der Waals surface area contributed by atoms with Crippen molar-refractivity contribution in [3.63, 3.8) is 0 Å². The SMILES string of the molecule is CC#N.CC#N.ClCCBr.N#Cc1ccc(N2CCN(CCCl)C[C@H]2c2ccc(Cl)cc2)c(Cl)c1.N#Cc1ccc(N2CCN(CCn3ccnc3)C[C@H]2c2ccc(Cl)cc2)c(Cl)c1.N#Cc1ccc(N2CCNC[C@H]2c2ccc(Cl)cc2)c(Cl)c1.O=CO[O-].O=CO[O-].[Cs+].[Cs+].[H-].[H-].[K+].[K+].c1c[nH]cn1. The first-order valence-corrected chi connectivity index (χ1v) is 34.4. The molecule has 3 aliphatic heterocycles. The van der Waals surface area contributed by atoms with Gasteiger partial charge in [0, 0.05) is 149 Å². The monoisotopic (exact) mass is 1910 g/mol. The van der Waals surface area contributed by atoms with Crippen molar-refractivity contribution in [2.75, 3.05) is 104 Å². The van der Waals surface area contributed by atoms with E-state index < -0.39 is 0 Å². The summed E-state index contributed by atoms with van der Waals surface area (Å²) in [5.74, 6) is 1.32. The third kappa shape index (κ3) is 40.0. The fourth-order valence-electron chi connectivity index (χ4n) is 10.0. The van der Waals surface area contributed by atoms with Gasteiger partial charge in [-0.1, -0.05) is 122 Å². The van der Waals surface area contributed by atoms with E-state index in [9.17, 15) is 0 Å². The number of hydrogen-bond acceptors (Lipinski definition) is 19. The van der Waals surface area contributed by atoms with Crippen LogP contribution in [0.2, 0.25) is 30.1 Å². The van der Waals surface area contributed by atoms with Gasteiger partial charge >= 0.3 is 241 Å². The van der Waals surface area contributed by atoms with Crippen LogP contribution >= 0.6 is 109 Å². The molecule has 0 amide bonds. The molecule has 103 heavy (non-hydrogen) atoms. The number of H-pyrrole nitrogens is 1. The van der Waals surface area contributed by atoms with E-state index in [0.29, 0.717) is 43.5 Å². The maximum absolute atomic E-state index is 9.14. The fraction of sp³-hybridized carbons (Fsp3) is 0.290. The molecule has 21 nitrogen and oxygen atoms in total. The summed E-state index contributed by atoms with van der Waals surface area (Å²) < 4.78 is 2.10. The first kappa shape index (κ1) is 105. The zero-order chi connectivity index (χ0) is 72.7. The molecule has 0 radical (unpaired) electrons. The minimum atomic E-state index is -0.181. The number of nitrogens with zero attached hydrogens (tertiary/aromatic N) is 13. The van der Waals surface area contributed by atoms with Crippen LogP contribution in [-0.4, -0.2) is 131 Å². The molecule has 0 aliphatic carbocycles. The second-order valence-electron chi connectivity index (χ2n) is 20.4. The van der Waals surface area contributed by atoms with Crippen molar-refractivity contribution in [1.29, 1.82) is 26.3 Å². The Morgan fingerprint density at radius 2 is 0.922 bits per heavy atom. The third-order valence-corrected chi connectivity index (χ3v) is 17.2. The van der Waals surface area contributed by atoms with Gasteiger partial charge < -0.3 is 52.7 Å². The Labute approximate surface area is 857 Å². The minimum Gasteiger partial charge on any atom is -1.00 e. The van der Waals surface area contributed by atoms with Crippen molar-refractivity contribution in [2.45, 2.75) is 38.5 Å². The number of imidazole rings is 2. The Bertz CT molecular complexity index is 3810. The molecular formula is C69H72BrCl8Cs2K2N15O6. The summed E-state index contributed by atoms with van der Waals surface area (Å²) >= 11 is 51.7. The largest absolute Gasteiger partial charge is 1.00 e. The average molecular weight is 1910 g/mol. The predicted octanol–water partition coefficient (Wildman–Crippen LogP) is 1.81. The van der Waals surface area contributed by atoms with Crippen LogP contribution in [0.1, 0.15) is 68.2 Å². The quantitative estimate of drug-likeness (QED) is 0.0516. The van der Waals surface area contributed by atoms with Gasteiger partial charge in [0.15, 0.2) is 0 Å². The number of carbonyl (C=O) groups excluding carboxylic acids is 2. The summed E-state index contributed by atoms with van der Waals surface area (Å²) in [5.41, 5.74) is 8.15. The van der Waals surface area contributed by atoms with Crippen LogP contribution in [0, 0.1) is 56.7 Å². The van der Waals surface area contributed by atoms with Gasteiger partial charge in [0.05, 0.1) is 110 Å². The van der Waals surface area contributed by atoms with E-state index in [2.05, 4.69) is 118 Å². The summed E-state index contributed by atoms with van der Waals surface area (Å²) in [6, 6.07) is 50.7. The Morgan fingerprint density at radius 3 is 1.21 bits per heavy atom. The molecule has 5 heterocycles. The number of carbonyl (C=O) groups is 2. The molecule has 2 aromatic heterocycles. The maximum atomic E-state index is 9.14. The van der Waals surface area contributed by atoms with Crippen LogP contribution in [-0.2, 0) is 25.9 Å². The van der Waals surface area contributed by atoms with E-state index in [0.717, 1.165) is 116 Å². The summed E-state index contributed by atoms with van der Waals surface area (Å²) in [6.07, 6.45) is 10.7. The van der Waals surface area contributed by atoms with Gasteiger partial charge in [-0.25, -0.2) is 9.97 Å². The number of rotatable bonds is 14. The van der Waals surface area contributed by atoms with Gasteiger partial charge in [-0.15, -0.1) is 23.2 Å². The molecule has 3 aliphatic rings. The molecule has 11 rings (SSSR count). The number of aromatic amines is 1. The molecular weight excluding hydrogens is 1840 g/mol. The summed E-state index contributed by atoms with van der Waals surface area (Å²) in [4.78, 5) is 44.8. The van der Waals surface area contributed by atoms with Crippen molar-refractivity contribution in [3.05, 3.63) is 228 Å². The van der Waals surface area contributed by atoms with Crippen LogP contribution in [0.5, 0.6) is 0 Å². The first-order chi connectivity index (χ1) is 48.0. The van der Waals surface area contributed by atoms with Crippen molar-refractivity contribution in [2.24, 2.45) is 0 Å². The van der Waals surface area contributed by atoms with Gasteiger partial charge in [-0.3, -0.25) is 19.4 Å². The van der Waals surface area contributed by atoms with Crippen molar-refractivity contribution in [1.82, 2.24) is 34.6 Å². The molecule has 3 saturated heterocycles. The fourth-order valence-corrected chi connectivity index (χ4v) is 11.5. The van der Waals surface area contributed by atoms with Crippen molar-refractivity contribution >= 4 is 139 Å². The van der Waals surface area contributed by atoms with E-state index in [1.54, 1.807) is 55.3 Å². The molecule has 526 valence electrons. The van der Waals surface area contributed by atoms with Gasteiger partial charge in [-0.05, 0) is 108 Å². The average Bonchev–Trinajstić information content (AvgIpc) is 0.957. The number of benzene rings is 6. The second-order valence-corrected chi connectivity index (χ2v) is 24.5. The first-order valence-electron chi connectivity index (χ1n) is 30.0. The van der Waals surface area contributed by atoms with E-state index in [-0.39, 0.29) is 274 Å². The zero-order valence-electron chi connectivity index (χ0n) is 59.7. The normalized spacial score (nSPS) is 14.4. The van der Waals surface area contributed by atoms with Crippen LogP contribution in [0.4, 0.5) is 17.1 Å². The standard InChI is InChI=1S/C22H21Cl2N5.C19H18Cl3N3.C17H15Cl2N3.C3H4N2.C2H4BrCl.2C2H3N.2CH2O3.2Cs.2K.2H/c23-19-4-2-18(3-5-19)22-15-27(9-10-28-8-7-26-16-28)11-12-29(22)21-6-1-17(14-25)13-20(21)24;20-7-8-24-9-10-25(18-6-1-14(12-23)11-17(18)22)19(13-24)15-2-4-16(21)5-3-15;18-14-4-2-13(3-5-14)17-11-21-7-8-22(17)16-6-1-12(10-20)9-15(16)19;1-2-5-3-4-1;3-1-2-4;2*1-2-3;2*2-1-4-3;;;;;;/h1-8,13,16,22H,9-12,15H2;1-6,11,19H,7-10,13H2;1-6,9,17,21H,7-8,11H2;1-3H,(H,4,5);1-2H2;2*1H3;2*1,3H;;;;;;/q;;;;;;;;;4*+1;2*-1/p-2/t22-;19-;17-;;;;;;;;;;;;/m000............/s1. The molecule has 34 heteroatoms. The van der Waals surface area contributed by atoms with Crippen LogP contribution < -0.4 is 271 Å². The maximum Gasteiger partial charge on any atom is 1.00 e. The number of nitriles is 5. The Morgan fingerprint density at radius 1 is 0.553 bits per heavy atom. The van der Waals surface area contributed by atoms with Gasteiger partial charge in [0.25, 0.3) is 12.9 Å². The summed E-state index contributed by atoms with van der Waals surface area (Å²) in [5, 5.41) is 67.0. The number of alkyl halides is 3. The summed E-state index contributed by atoms with van der Waals surface area (Å²) in [7, 11) is 0. The molecule has 0 bridgehead atoms. The van der Waals surface area contributed by atoms with Gasteiger partial charge in [-0.2, -0.15) is 26.3 Å². The van der Waals surface area contributed by atoms with E-state index >= 15 is 0 Å². The molecule has 2 N–H and O–H groups in total. The Kier molecular flexibility index (Phi) is 65.0. The van der Waals surface area contributed by atoms with E-state index in [1.165, 1.54) is 30.5 Å². The topological polar surface area (TPSA) is 292 Å². The molecule has 0 unspecified atom stereocenters. The minimum absolute atomic E-state index is 0. The molecule has 3 fully saturated rings. The van der Waals surface area contributed by atoms with Gasteiger partial charge in [0.1, 0.15) is 0 Å². The number of nitrogens with one attached hydrogen (secondary N) is 2. The van der Waals surface area contributed by atoms with E-state index in [1.807, 2.05) is 97.5 Å². The molecule has 0 spiro atoms. The van der Waals surface area contributed by atoms with Crippen LogP contribution in [0.3, 0.4) is 0 Å². The van der Waals surface area contributed by atoms with Crippen LogP contribution in [0.25, 0.3) is 0 Å². The zero-order valence-corrected chi connectivity index (χ0v) is 84.2. The molecule has 8 aromatic rings. The Balaban J connectivity index is -0.000000619. The van der Waals surface area contributed by atoms with Crippen molar-refractivity contribution in [3.8, 4) is 30.3 Å². The van der Waals surface area contributed by atoms with E-state index in [4.69, 9.17) is 139 Å². The number of halogens is 9. The second kappa shape index (κ2) is 64.1. The van der Waals surface area contributed by atoms with Gasteiger partial charge in [0.2, 0.25) is 0 Å². The number of piperazine rings is 3. The number of aromatic nitrogens is 4. The molecule has 0 saturated carbocycles.